The van der Waals surface area contributed by atoms with Crippen LogP contribution in [0.15, 0.2) is 42.0 Å². The number of rotatable bonds is 3. The molecule has 2 rings (SSSR count). The first kappa shape index (κ1) is 10.7. The molecule has 0 N–H and O–H groups in total. The molecule has 1 aromatic carbocycles. The highest BCUT2D eigenvalue weighted by atomic mass is 16.1. The molecule has 1 fully saturated rings. The second-order valence-corrected chi connectivity index (χ2v) is 3.94. The zero-order valence-electron chi connectivity index (χ0n) is 9.20. The summed E-state index contributed by atoms with van der Waals surface area (Å²) >= 11 is 0. The van der Waals surface area contributed by atoms with E-state index in [1.807, 2.05) is 30.3 Å². The summed E-state index contributed by atoms with van der Waals surface area (Å²) in [4.78, 5) is 11.4. The Balaban J connectivity index is 1.82. The zero-order chi connectivity index (χ0) is 11.2. The first-order valence-electron chi connectivity index (χ1n) is 5.62. The van der Waals surface area contributed by atoms with Gasteiger partial charge in [-0.2, -0.15) is 0 Å². The standard InChI is InChI=1S/C15H14O/c16-15(8-4-7-14-9-10-14)12-11-13-5-2-1-3-6-13/h1-3,5-7H,4,8-10H2. The van der Waals surface area contributed by atoms with Crippen molar-refractivity contribution < 1.29 is 4.79 Å². The molecule has 0 atom stereocenters. The lowest BCUT2D eigenvalue weighted by molar-refractivity contribution is -0.113. The van der Waals surface area contributed by atoms with Crippen LogP contribution in [0.25, 0.3) is 0 Å². The molecule has 0 amide bonds. The predicted molar refractivity (Wildman–Crippen MR) is 64.9 cm³/mol. The fourth-order valence-electron chi connectivity index (χ4n) is 1.41. The van der Waals surface area contributed by atoms with Crippen molar-refractivity contribution in [2.24, 2.45) is 0 Å². The normalized spacial score (nSPS) is 12.6. The molecule has 80 valence electrons. The van der Waals surface area contributed by atoms with Crippen LogP contribution >= 0.6 is 0 Å². The molecule has 1 aliphatic carbocycles. The van der Waals surface area contributed by atoms with Gasteiger partial charge in [0.2, 0.25) is 5.78 Å². The quantitative estimate of drug-likeness (QED) is 0.553. The minimum absolute atomic E-state index is 0.0290. The second-order valence-electron chi connectivity index (χ2n) is 3.94. The lowest BCUT2D eigenvalue weighted by atomic mass is 10.2. The fourth-order valence-corrected chi connectivity index (χ4v) is 1.41. The van der Waals surface area contributed by atoms with Crippen LogP contribution in [0.1, 0.15) is 31.2 Å². The smallest absolute Gasteiger partial charge is 0.206 e. The Morgan fingerprint density at radius 2 is 2.00 bits per heavy atom. The Kier molecular flexibility index (Phi) is 3.56. The Morgan fingerprint density at radius 1 is 1.25 bits per heavy atom. The van der Waals surface area contributed by atoms with Crippen LogP contribution in [-0.2, 0) is 4.79 Å². The zero-order valence-corrected chi connectivity index (χ0v) is 9.20. The van der Waals surface area contributed by atoms with Gasteiger partial charge in [-0.05, 0) is 37.3 Å². The molecule has 0 radical (unpaired) electrons. The van der Waals surface area contributed by atoms with E-state index in [9.17, 15) is 4.79 Å². The minimum atomic E-state index is 0.0290. The maximum Gasteiger partial charge on any atom is 0.206 e. The molecule has 0 heterocycles. The van der Waals surface area contributed by atoms with Gasteiger partial charge >= 0.3 is 0 Å². The third-order valence-corrected chi connectivity index (χ3v) is 2.46. The lowest BCUT2D eigenvalue weighted by Gasteiger charge is -1.88. The minimum Gasteiger partial charge on any atom is -0.285 e. The highest BCUT2D eigenvalue weighted by Crippen LogP contribution is 2.27. The summed E-state index contributed by atoms with van der Waals surface area (Å²) in [5.74, 6) is 5.58. The fraction of sp³-hybridized carbons (Fsp3) is 0.267. The van der Waals surface area contributed by atoms with Gasteiger partial charge in [-0.25, -0.2) is 0 Å². The van der Waals surface area contributed by atoms with Crippen molar-refractivity contribution in [3.63, 3.8) is 0 Å². The monoisotopic (exact) mass is 210 g/mol. The molecule has 0 spiro atoms. The second kappa shape index (κ2) is 5.32. The van der Waals surface area contributed by atoms with Gasteiger partial charge in [0.25, 0.3) is 0 Å². The number of ketones is 1. The largest absolute Gasteiger partial charge is 0.285 e. The molecule has 1 saturated carbocycles. The highest BCUT2D eigenvalue weighted by molar-refractivity contribution is 5.96. The maximum atomic E-state index is 11.4. The average Bonchev–Trinajstić information content (AvgIpc) is 3.12. The van der Waals surface area contributed by atoms with Crippen LogP contribution in [0.4, 0.5) is 0 Å². The van der Waals surface area contributed by atoms with Crippen LogP contribution in [0, 0.1) is 11.8 Å². The van der Waals surface area contributed by atoms with Crippen LogP contribution in [0.3, 0.4) is 0 Å². The molecular weight excluding hydrogens is 196 g/mol. The van der Waals surface area contributed by atoms with E-state index in [1.165, 1.54) is 18.4 Å². The summed E-state index contributed by atoms with van der Waals surface area (Å²) in [6.07, 6.45) is 6.01. The summed E-state index contributed by atoms with van der Waals surface area (Å²) < 4.78 is 0. The van der Waals surface area contributed by atoms with Crippen molar-refractivity contribution >= 4 is 5.78 Å². The van der Waals surface area contributed by atoms with Gasteiger partial charge in [-0.3, -0.25) is 4.79 Å². The lowest BCUT2D eigenvalue weighted by Crippen LogP contribution is -1.91. The third kappa shape index (κ3) is 3.74. The molecule has 0 saturated heterocycles. The molecule has 1 aromatic rings. The number of hydrogen-bond donors (Lipinski definition) is 0. The molecule has 0 aromatic heterocycles. The van der Waals surface area contributed by atoms with Gasteiger partial charge in [-0.1, -0.05) is 35.8 Å². The van der Waals surface area contributed by atoms with E-state index in [0.29, 0.717) is 6.42 Å². The van der Waals surface area contributed by atoms with E-state index >= 15 is 0 Å². The average molecular weight is 210 g/mol. The summed E-state index contributed by atoms with van der Waals surface area (Å²) in [7, 11) is 0. The van der Waals surface area contributed by atoms with Crippen LogP contribution in [0.5, 0.6) is 0 Å². The Bertz CT molecular complexity index is 451. The van der Waals surface area contributed by atoms with Gasteiger partial charge in [0.15, 0.2) is 0 Å². The highest BCUT2D eigenvalue weighted by Gasteiger charge is 2.09. The summed E-state index contributed by atoms with van der Waals surface area (Å²) in [6.45, 7) is 0. The summed E-state index contributed by atoms with van der Waals surface area (Å²) in [5, 5.41) is 0. The molecular formula is C15H14O. The molecule has 0 aliphatic heterocycles. The van der Waals surface area contributed by atoms with E-state index in [1.54, 1.807) is 0 Å². The molecule has 1 nitrogen and oxygen atoms in total. The van der Waals surface area contributed by atoms with Crippen LogP contribution in [0.2, 0.25) is 0 Å². The predicted octanol–water partition coefficient (Wildman–Crippen LogP) is 3.11. The van der Waals surface area contributed by atoms with Gasteiger partial charge in [-0.15, -0.1) is 0 Å². The topological polar surface area (TPSA) is 17.1 Å². The molecule has 1 aliphatic rings. The number of Topliss-reactive ketones (excluding diaryl/α,β-unsaturated/α-hetero) is 1. The van der Waals surface area contributed by atoms with E-state index in [-0.39, 0.29) is 5.78 Å². The Labute approximate surface area is 96.2 Å². The number of benzene rings is 1. The van der Waals surface area contributed by atoms with Crippen molar-refractivity contribution in [3.05, 3.63) is 47.5 Å². The SMILES string of the molecule is O=C(C#Cc1ccccc1)CCC=C1CC1. The first-order valence-corrected chi connectivity index (χ1v) is 5.62. The van der Waals surface area contributed by atoms with Gasteiger partial charge in [0.1, 0.15) is 0 Å². The molecule has 16 heavy (non-hydrogen) atoms. The van der Waals surface area contributed by atoms with Crippen molar-refractivity contribution in [1.82, 2.24) is 0 Å². The van der Waals surface area contributed by atoms with E-state index in [4.69, 9.17) is 0 Å². The van der Waals surface area contributed by atoms with Gasteiger partial charge in [0, 0.05) is 12.0 Å². The first-order chi connectivity index (χ1) is 7.84. The van der Waals surface area contributed by atoms with E-state index in [0.717, 1.165) is 12.0 Å². The summed E-state index contributed by atoms with van der Waals surface area (Å²) in [6, 6.07) is 9.60. The van der Waals surface area contributed by atoms with Gasteiger partial charge < -0.3 is 0 Å². The summed E-state index contributed by atoms with van der Waals surface area (Å²) in [5.41, 5.74) is 2.39. The molecule has 1 heteroatoms. The van der Waals surface area contributed by atoms with Gasteiger partial charge in [0.05, 0.1) is 0 Å². The van der Waals surface area contributed by atoms with E-state index in [2.05, 4.69) is 17.9 Å². The van der Waals surface area contributed by atoms with Crippen molar-refractivity contribution in [2.45, 2.75) is 25.7 Å². The third-order valence-electron chi connectivity index (χ3n) is 2.46. The van der Waals surface area contributed by atoms with Crippen molar-refractivity contribution in [1.29, 1.82) is 0 Å². The van der Waals surface area contributed by atoms with Crippen molar-refractivity contribution in [3.8, 4) is 11.8 Å². The van der Waals surface area contributed by atoms with E-state index < -0.39 is 0 Å². The maximum absolute atomic E-state index is 11.4. The molecule has 0 unspecified atom stereocenters. The van der Waals surface area contributed by atoms with Crippen LogP contribution < -0.4 is 0 Å². The van der Waals surface area contributed by atoms with Crippen LogP contribution in [-0.4, -0.2) is 5.78 Å². The number of carbonyl (C=O) groups excluding carboxylic acids is 1. The number of allylic oxidation sites excluding steroid dienone is 2. The Morgan fingerprint density at radius 3 is 2.69 bits per heavy atom. The molecule has 0 bridgehead atoms. The number of carbonyl (C=O) groups is 1. The number of hydrogen-bond acceptors (Lipinski definition) is 1. The van der Waals surface area contributed by atoms with Crippen molar-refractivity contribution in [2.75, 3.05) is 0 Å². The Hall–Kier alpha value is -1.81.